The maximum absolute atomic E-state index is 12.2. The highest BCUT2D eigenvalue weighted by atomic mass is 35.5. The number of aliphatic hydroxyl groups excluding tert-OH is 1. The molecule has 1 fully saturated rings. The molecule has 4 nitrogen and oxygen atoms in total. The molecule has 1 aromatic rings. The molecule has 1 saturated carbocycles. The highest BCUT2D eigenvalue weighted by Crippen LogP contribution is 2.21. The van der Waals surface area contributed by atoms with Gasteiger partial charge in [-0.2, -0.15) is 0 Å². The molecule has 0 amide bonds. The summed E-state index contributed by atoms with van der Waals surface area (Å²) in [5.74, 6) is 0. The fourth-order valence-corrected chi connectivity index (χ4v) is 3.93. The first-order valence-electron chi connectivity index (χ1n) is 6.45. The Labute approximate surface area is 118 Å². The zero-order valence-electron chi connectivity index (χ0n) is 10.5. The minimum atomic E-state index is -3.63. The molecule has 0 radical (unpaired) electrons. The molecule has 2 N–H and O–H groups in total. The van der Waals surface area contributed by atoms with Gasteiger partial charge in [0.1, 0.15) is 0 Å². The molecule has 2 rings (SSSR count). The van der Waals surface area contributed by atoms with Crippen molar-refractivity contribution in [3.05, 3.63) is 29.3 Å². The smallest absolute Gasteiger partial charge is 0.240 e. The molecule has 0 aromatic heterocycles. The predicted molar refractivity (Wildman–Crippen MR) is 74.7 cm³/mol. The average molecular weight is 304 g/mol. The average Bonchev–Trinajstić information content (AvgIpc) is 2.55. The minimum Gasteiger partial charge on any atom is -0.391 e. The monoisotopic (exact) mass is 303 g/mol. The maximum Gasteiger partial charge on any atom is 0.240 e. The van der Waals surface area contributed by atoms with Crippen molar-refractivity contribution < 1.29 is 13.5 Å². The first-order valence-corrected chi connectivity index (χ1v) is 8.31. The zero-order valence-corrected chi connectivity index (χ0v) is 12.1. The third kappa shape index (κ3) is 3.92. The van der Waals surface area contributed by atoms with Crippen LogP contribution < -0.4 is 4.72 Å². The molecule has 0 saturated heterocycles. The van der Waals surface area contributed by atoms with Crippen LogP contribution in [0.1, 0.15) is 32.1 Å². The summed E-state index contributed by atoms with van der Waals surface area (Å²) in [6.07, 6.45) is 3.60. The lowest BCUT2D eigenvalue weighted by Crippen LogP contribution is -2.42. The second-order valence-corrected chi connectivity index (χ2v) is 7.04. The van der Waals surface area contributed by atoms with E-state index in [1.165, 1.54) is 12.1 Å². The SMILES string of the molecule is O=S(=O)(NC1CCCCCC1O)c1cccc(Cl)c1. The fourth-order valence-electron chi connectivity index (χ4n) is 2.33. The van der Waals surface area contributed by atoms with Crippen LogP contribution >= 0.6 is 11.6 Å². The first kappa shape index (κ1) is 14.8. The Hall–Kier alpha value is -0.620. The first-order chi connectivity index (χ1) is 8.99. The summed E-state index contributed by atoms with van der Waals surface area (Å²) in [4.78, 5) is 0.136. The van der Waals surface area contributed by atoms with Gasteiger partial charge in [0.25, 0.3) is 0 Å². The van der Waals surface area contributed by atoms with Crippen LogP contribution in [-0.4, -0.2) is 25.7 Å². The quantitative estimate of drug-likeness (QED) is 0.842. The Balaban J connectivity index is 2.16. The molecule has 106 valence electrons. The second-order valence-electron chi connectivity index (χ2n) is 4.89. The lowest BCUT2D eigenvalue weighted by molar-refractivity contribution is 0.130. The summed E-state index contributed by atoms with van der Waals surface area (Å²) >= 11 is 5.81. The van der Waals surface area contributed by atoms with Crippen LogP contribution in [0.5, 0.6) is 0 Å². The van der Waals surface area contributed by atoms with Gasteiger partial charge in [-0.3, -0.25) is 0 Å². The van der Waals surface area contributed by atoms with Gasteiger partial charge in [0, 0.05) is 11.1 Å². The van der Waals surface area contributed by atoms with Crippen LogP contribution in [0.25, 0.3) is 0 Å². The molecule has 0 heterocycles. The van der Waals surface area contributed by atoms with Crippen LogP contribution in [0.4, 0.5) is 0 Å². The van der Waals surface area contributed by atoms with E-state index in [4.69, 9.17) is 11.6 Å². The van der Waals surface area contributed by atoms with Gasteiger partial charge >= 0.3 is 0 Å². The highest BCUT2D eigenvalue weighted by molar-refractivity contribution is 7.89. The summed E-state index contributed by atoms with van der Waals surface area (Å²) in [5.41, 5.74) is 0. The number of nitrogens with one attached hydrogen (secondary N) is 1. The van der Waals surface area contributed by atoms with E-state index in [0.29, 0.717) is 17.9 Å². The number of halogens is 1. The Morgan fingerprint density at radius 3 is 2.68 bits per heavy atom. The van der Waals surface area contributed by atoms with Gasteiger partial charge in [0.2, 0.25) is 10.0 Å². The van der Waals surface area contributed by atoms with Crippen LogP contribution in [0.3, 0.4) is 0 Å². The number of hydrogen-bond acceptors (Lipinski definition) is 3. The Kier molecular flexibility index (Phi) is 4.84. The van der Waals surface area contributed by atoms with Crippen molar-refractivity contribution in [1.29, 1.82) is 0 Å². The topological polar surface area (TPSA) is 66.4 Å². The lowest BCUT2D eigenvalue weighted by atomic mass is 10.1. The van der Waals surface area contributed by atoms with Crippen LogP contribution in [0, 0.1) is 0 Å². The number of benzene rings is 1. The van der Waals surface area contributed by atoms with Crippen molar-refractivity contribution in [2.75, 3.05) is 0 Å². The number of aliphatic hydroxyl groups is 1. The Morgan fingerprint density at radius 1 is 1.21 bits per heavy atom. The van der Waals surface area contributed by atoms with Gasteiger partial charge in [-0.1, -0.05) is 36.9 Å². The molecule has 2 atom stereocenters. The lowest BCUT2D eigenvalue weighted by Gasteiger charge is -2.21. The van der Waals surface area contributed by atoms with Crippen molar-refractivity contribution >= 4 is 21.6 Å². The molecule has 0 spiro atoms. The molecule has 2 unspecified atom stereocenters. The molecular weight excluding hydrogens is 286 g/mol. The molecule has 19 heavy (non-hydrogen) atoms. The van der Waals surface area contributed by atoms with Crippen molar-refractivity contribution in [1.82, 2.24) is 4.72 Å². The van der Waals surface area contributed by atoms with Crippen molar-refractivity contribution in [3.8, 4) is 0 Å². The summed E-state index contributed by atoms with van der Waals surface area (Å²) < 4.78 is 27.1. The molecule has 0 bridgehead atoms. The minimum absolute atomic E-state index is 0.136. The van der Waals surface area contributed by atoms with Crippen LogP contribution in [0.15, 0.2) is 29.2 Å². The van der Waals surface area contributed by atoms with Crippen molar-refractivity contribution in [2.45, 2.75) is 49.1 Å². The van der Waals surface area contributed by atoms with Gasteiger partial charge in [0.05, 0.1) is 11.0 Å². The van der Waals surface area contributed by atoms with E-state index in [1.54, 1.807) is 12.1 Å². The molecular formula is C13H18ClNO3S. The zero-order chi connectivity index (χ0) is 13.9. The summed E-state index contributed by atoms with van der Waals surface area (Å²) in [5, 5.41) is 10.3. The van der Waals surface area contributed by atoms with E-state index in [-0.39, 0.29) is 4.90 Å². The molecule has 1 aliphatic rings. The van der Waals surface area contributed by atoms with E-state index in [1.807, 2.05) is 0 Å². The van der Waals surface area contributed by atoms with Crippen molar-refractivity contribution in [2.24, 2.45) is 0 Å². The van der Waals surface area contributed by atoms with E-state index < -0.39 is 22.2 Å². The molecule has 1 aromatic carbocycles. The maximum atomic E-state index is 12.2. The summed E-state index contributed by atoms with van der Waals surface area (Å²) in [7, 11) is -3.63. The number of hydrogen-bond donors (Lipinski definition) is 2. The third-order valence-corrected chi connectivity index (χ3v) is 5.12. The highest BCUT2D eigenvalue weighted by Gasteiger charge is 2.27. The van der Waals surface area contributed by atoms with Gasteiger partial charge in [-0.05, 0) is 31.0 Å². The summed E-state index contributed by atoms with van der Waals surface area (Å²) in [6.45, 7) is 0. The Bertz CT molecular complexity index is 532. The largest absolute Gasteiger partial charge is 0.391 e. The van der Waals surface area contributed by atoms with E-state index in [2.05, 4.69) is 4.72 Å². The van der Waals surface area contributed by atoms with E-state index in [0.717, 1.165) is 19.3 Å². The number of sulfonamides is 1. The molecule has 6 heteroatoms. The van der Waals surface area contributed by atoms with E-state index >= 15 is 0 Å². The van der Waals surface area contributed by atoms with Crippen molar-refractivity contribution in [3.63, 3.8) is 0 Å². The van der Waals surface area contributed by atoms with Gasteiger partial charge < -0.3 is 5.11 Å². The van der Waals surface area contributed by atoms with E-state index in [9.17, 15) is 13.5 Å². The van der Waals surface area contributed by atoms with Gasteiger partial charge in [-0.15, -0.1) is 0 Å². The third-order valence-electron chi connectivity index (χ3n) is 3.39. The van der Waals surface area contributed by atoms with Crippen LogP contribution in [0.2, 0.25) is 5.02 Å². The fraction of sp³-hybridized carbons (Fsp3) is 0.538. The standard InChI is InChI=1S/C13H18ClNO3S/c14-10-5-4-6-11(9-10)19(17,18)15-12-7-2-1-3-8-13(12)16/h4-6,9,12-13,15-16H,1-3,7-8H2. The van der Waals surface area contributed by atoms with Gasteiger partial charge in [-0.25, -0.2) is 13.1 Å². The predicted octanol–water partition coefficient (Wildman–Crippen LogP) is 2.31. The van der Waals surface area contributed by atoms with Gasteiger partial charge in [0.15, 0.2) is 0 Å². The normalized spacial score (nSPS) is 24.9. The molecule has 0 aliphatic heterocycles. The Morgan fingerprint density at radius 2 is 1.95 bits per heavy atom. The second kappa shape index (κ2) is 6.22. The van der Waals surface area contributed by atoms with Crippen LogP contribution in [-0.2, 0) is 10.0 Å². The number of rotatable bonds is 3. The molecule has 1 aliphatic carbocycles. The summed E-state index contributed by atoms with van der Waals surface area (Å²) in [6, 6.07) is 5.72.